The molecule has 30 heavy (non-hydrogen) atoms. The summed E-state index contributed by atoms with van der Waals surface area (Å²) in [4.78, 5) is 6.84. The number of benzene rings is 2. The van der Waals surface area contributed by atoms with Gasteiger partial charge in [-0.05, 0) is 30.3 Å². The van der Waals surface area contributed by atoms with Gasteiger partial charge in [0.1, 0.15) is 11.5 Å². The number of anilines is 1. The lowest BCUT2D eigenvalue weighted by atomic mass is 10.1. The Kier molecular flexibility index (Phi) is 4.52. The van der Waals surface area contributed by atoms with Crippen LogP contribution in [0.15, 0.2) is 42.5 Å². The highest BCUT2D eigenvalue weighted by molar-refractivity contribution is 6.31. The predicted octanol–water partition coefficient (Wildman–Crippen LogP) is 4.45. The zero-order valence-electron chi connectivity index (χ0n) is 15.5. The van der Waals surface area contributed by atoms with Crippen molar-refractivity contribution in [1.29, 1.82) is 0 Å². The lowest BCUT2D eigenvalue weighted by Gasteiger charge is -2.28. The van der Waals surface area contributed by atoms with Gasteiger partial charge in [0.05, 0.1) is 24.3 Å². The van der Waals surface area contributed by atoms with E-state index < -0.39 is 11.7 Å². The van der Waals surface area contributed by atoms with Crippen LogP contribution in [0, 0.1) is 0 Å². The van der Waals surface area contributed by atoms with Crippen LogP contribution >= 0.6 is 11.6 Å². The highest BCUT2D eigenvalue weighted by Crippen LogP contribution is 2.35. The number of halogens is 4. The number of alkyl halides is 3. The Bertz CT molecular complexity index is 1250. The molecule has 0 unspecified atom stereocenters. The lowest BCUT2D eigenvalue weighted by Crippen LogP contribution is -2.37. The fraction of sp³-hybridized carbons (Fsp3) is 0.250. The molecule has 154 valence electrons. The fourth-order valence-electron chi connectivity index (χ4n) is 3.62. The van der Waals surface area contributed by atoms with Gasteiger partial charge >= 0.3 is 6.18 Å². The second-order valence-corrected chi connectivity index (χ2v) is 7.38. The molecule has 6 nitrogen and oxygen atoms in total. The average molecular weight is 434 g/mol. The van der Waals surface area contributed by atoms with Crippen LogP contribution in [-0.4, -0.2) is 46.1 Å². The van der Waals surface area contributed by atoms with E-state index in [1.54, 1.807) is 24.3 Å². The third kappa shape index (κ3) is 3.23. The fourth-order valence-corrected chi connectivity index (χ4v) is 3.79. The van der Waals surface area contributed by atoms with E-state index in [0.29, 0.717) is 48.4 Å². The van der Waals surface area contributed by atoms with Crippen molar-refractivity contribution in [1.82, 2.24) is 19.8 Å². The quantitative estimate of drug-likeness (QED) is 0.467. The van der Waals surface area contributed by atoms with Crippen molar-refractivity contribution in [2.75, 3.05) is 31.2 Å². The maximum atomic E-state index is 13.2. The molecule has 2 aromatic heterocycles. The van der Waals surface area contributed by atoms with Gasteiger partial charge in [0, 0.05) is 29.1 Å². The van der Waals surface area contributed by atoms with Gasteiger partial charge in [-0.25, -0.2) is 4.98 Å². The van der Waals surface area contributed by atoms with Crippen LogP contribution in [0.2, 0.25) is 5.02 Å². The molecule has 5 rings (SSSR count). The van der Waals surface area contributed by atoms with E-state index in [0.717, 1.165) is 23.0 Å². The largest absolute Gasteiger partial charge is 0.416 e. The maximum Gasteiger partial charge on any atom is 0.416 e. The van der Waals surface area contributed by atoms with Crippen molar-refractivity contribution in [2.24, 2.45) is 0 Å². The highest BCUT2D eigenvalue weighted by Gasteiger charge is 2.31. The van der Waals surface area contributed by atoms with E-state index in [-0.39, 0.29) is 5.69 Å². The number of aromatic nitrogens is 4. The third-order valence-corrected chi connectivity index (χ3v) is 5.30. The van der Waals surface area contributed by atoms with Crippen molar-refractivity contribution >= 4 is 34.0 Å². The summed E-state index contributed by atoms with van der Waals surface area (Å²) in [6.07, 6.45) is -4.45. The van der Waals surface area contributed by atoms with Crippen LogP contribution in [0.3, 0.4) is 0 Å². The Labute approximate surface area is 173 Å². The molecule has 3 heterocycles. The number of nitrogens with zero attached hydrogens (tertiary/aromatic N) is 5. The molecule has 0 radical (unpaired) electrons. The van der Waals surface area contributed by atoms with Crippen molar-refractivity contribution in [3.63, 3.8) is 0 Å². The van der Waals surface area contributed by atoms with Crippen molar-refractivity contribution in [3.05, 3.63) is 53.1 Å². The van der Waals surface area contributed by atoms with Gasteiger partial charge in [-0.1, -0.05) is 28.9 Å². The van der Waals surface area contributed by atoms with E-state index in [1.165, 1.54) is 10.6 Å². The molecule has 0 bridgehead atoms. The van der Waals surface area contributed by atoms with Crippen molar-refractivity contribution in [3.8, 4) is 11.3 Å². The molecule has 0 aliphatic carbocycles. The molecule has 0 N–H and O–H groups in total. The third-order valence-electron chi connectivity index (χ3n) is 5.06. The smallest absolute Gasteiger partial charge is 0.378 e. The Morgan fingerprint density at radius 1 is 1.03 bits per heavy atom. The van der Waals surface area contributed by atoms with E-state index in [9.17, 15) is 13.2 Å². The molecule has 1 aliphatic heterocycles. The summed E-state index contributed by atoms with van der Waals surface area (Å²) in [6, 6.07) is 10.4. The number of rotatable bonds is 2. The summed E-state index contributed by atoms with van der Waals surface area (Å²) in [5.41, 5.74) is 0.936. The summed E-state index contributed by atoms with van der Waals surface area (Å²) >= 11 is 6.22. The van der Waals surface area contributed by atoms with Gasteiger partial charge in [0.2, 0.25) is 0 Å². The minimum atomic E-state index is -4.45. The minimum absolute atomic E-state index is 0.285. The molecule has 4 aromatic rings. The molecule has 0 atom stereocenters. The molecule has 0 saturated carbocycles. The molecule has 1 saturated heterocycles. The van der Waals surface area contributed by atoms with E-state index in [1.807, 2.05) is 0 Å². The number of hydrogen-bond acceptors (Lipinski definition) is 5. The van der Waals surface area contributed by atoms with Crippen LogP contribution in [-0.2, 0) is 10.9 Å². The number of ether oxygens (including phenoxy) is 1. The summed E-state index contributed by atoms with van der Waals surface area (Å²) in [6.45, 7) is 2.41. The SMILES string of the molecule is FC(F)(F)c1cccc(-c2nnn3c2nc(N2CCOCC2)c2cc(Cl)ccc23)c1. The van der Waals surface area contributed by atoms with Crippen LogP contribution < -0.4 is 4.90 Å². The Morgan fingerprint density at radius 2 is 1.83 bits per heavy atom. The summed E-state index contributed by atoms with van der Waals surface area (Å²) in [5.74, 6) is 0.679. The lowest BCUT2D eigenvalue weighted by molar-refractivity contribution is -0.137. The molecule has 1 aliphatic rings. The van der Waals surface area contributed by atoms with Gasteiger partial charge in [0.25, 0.3) is 0 Å². The predicted molar refractivity (Wildman–Crippen MR) is 107 cm³/mol. The summed E-state index contributed by atoms with van der Waals surface area (Å²) < 4.78 is 46.5. The molecular formula is C20H15ClF3N5O. The van der Waals surface area contributed by atoms with Crippen molar-refractivity contribution < 1.29 is 17.9 Å². The maximum absolute atomic E-state index is 13.2. The first kappa shape index (κ1) is 19.1. The topological polar surface area (TPSA) is 55.5 Å². The van der Waals surface area contributed by atoms with Gasteiger partial charge in [-0.3, -0.25) is 0 Å². The molecule has 10 heteroatoms. The van der Waals surface area contributed by atoms with E-state index in [4.69, 9.17) is 21.3 Å². The first-order valence-electron chi connectivity index (χ1n) is 9.27. The van der Waals surface area contributed by atoms with Crippen molar-refractivity contribution in [2.45, 2.75) is 6.18 Å². The van der Waals surface area contributed by atoms with Crippen LogP contribution in [0.4, 0.5) is 19.0 Å². The average Bonchev–Trinajstić information content (AvgIpc) is 3.17. The van der Waals surface area contributed by atoms with Gasteiger partial charge < -0.3 is 9.64 Å². The first-order valence-corrected chi connectivity index (χ1v) is 9.64. The Balaban J connectivity index is 1.75. The van der Waals surface area contributed by atoms with Gasteiger partial charge in [0.15, 0.2) is 5.65 Å². The molecular weight excluding hydrogens is 419 g/mol. The standard InChI is InChI=1S/C20H15ClF3N5O/c21-14-4-5-16-15(11-14)18(28-6-8-30-9-7-28)25-19-17(26-27-29(16)19)12-2-1-3-13(10-12)20(22,23)24/h1-5,10-11H,6-9H2. The normalized spacial score (nSPS) is 15.3. The van der Waals surface area contributed by atoms with Gasteiger partial charge in [-0.2, -0.15) is 17.7 Å². The first-order chi connectivity index (χ1) is 14.4. The highest BCUT2D eigenvalue weighted by atomic mass is 35.5. The molecule has 2 aromatic carbocycles. The van der Waals surface area contributed by atoms with E-state index in [2.05, 4.69) is 15.2 Å². The summed E-state index contributed by atoms with van der Waals surface area (Å²) in [5, 5.41) is 9.66. The molecule has 0 spiro atoms. The zero-order valence-corrected chi connectivity index (χ0v) is 16.3. The number of hydrogen-bond donors (Lipinski definition) is 0. The van der Waals surface area contributed by atoms with Crippen LogP contribution in [0.25, 0.3) is 27.8 Å². The van der Waals surface area contributed by atoms with Gasteiger partial charge in [-0.15, -0.1) is 5.10 Å². The monoisotopic (exact) mass is 433 g/mol. The number of morpholine rings is 1. The molecule has 1 fully saturated rings. The van der Waals surface area contributed by atoms with E-state index >= 15 is 0 Å². The second kappa shape index (κ2) is 7.10. The zero-order chi connectivity index (χ0) is 20.9. The minimum Gasteiger partial charge on any atom is -0.378 e. The Hall–Kier alpha value is -2.91. The molecule has 0 amide bonds. The van der Waals surface area contributed by atoms with Crippen LogP contribution in [0.1, 0.15) is 5.56 Å². The second-order valence-electron chi connectivity index (χ2n) is 6.95. The Morgan fingerprint density at radius 3 is 2.60 bits per heavy atom. The number of fused-ring (bicyclic) bond motifs is 3. The summed E-state index contributed by atoms with van der Waals surface area (Å²) in [7, 11) is 0. The van der Waals surface area contributed by atoms with Crippen LogP contribution in [0.5, 0.6) is 0 Å².